The van der Waals surface area contributed by atoms with Crippen LogP contribution in [0.1, 0.15) is 51.2 Å². The molecule has 0 bridgehead atoms. The Bertz CT molecular complexity index is 660. The minimum absolute atomic E-state index is 0.0885. The van der Waals surface area contributed by atoms with Gasteiger partial charge in [0.25, 0.3) is 0 Å². The van der Waals surface area contributed by atoms with E-state index in [1.165, 1.54) is 4.31 Å². The Balaban J connectivity index is 2.22. The van der Waals surface area contributed by atoms with Gasteiger partial charge in [-0.2, -0.15) is 0 Å². The predicted octanol–water partition coefficient (Wildman–Crippen LogP) is 3.43. The Morgan fingerprint density at radius 2 is 1.92 bits per heavy atom. The molecule has 1 aliphatic heterocycles. The average Bonchev–Trinajstić information content (AvgIpc) is 2.73. The lowest BCUT2D eigenvalue weighted by Gasteiger charge is -2.27. The molecule has 0 aliphatic carbocycles. The highest BCUT2D eigenvalue weighted by molar-refractivity contribution is 7.92. The second-order valence-electron chi connectivity index (χ2n) is 6.59. The van der Waals surface area contributed by atoms with Crippen molar-refractivity contribution in [3.63, 3.8) is 0 Å². The average molecular weight is 389 g/mol. The van der Waals surface area contributed by atoms with Gasteiger partial charge in [-0.05, 0) is 57.0 Å². The molecule has 25 heavy (non-hydrogen) atoms. The third-order valence-corrected chi connectivity index (χ3v) is 6.52. The Morgan fingerprint density at radius 1 is 1.24 bits per heavy atom. The van der Waals surface area contributed by atoms with Crippen molar-refractivity contribution in [2.24, 2.45) is 0 Å². The van der Waals surface area contributed by atoms with Crippen LogP contribution in [0.5, 0.6) is 0 Å². The highest BCUT2D eigenvalue weighted by Crippen LogP contribution is 2.36. The summed E-state index contributed by atoms with van der Waals surface area (Å²) in [7, 11) is -3.45. The lowest BCUT2D eigenvalue weighted by Crippen LogP contribution is -2.39. The van der Waals surface area contributed by atoms with Crippen LogP contribution in [0, 0.1) is 0 Å². The van der Waals surface area contributed by atoms with E-state index >= 15 is 0 Å². The van der Waals surface area contributed by atoms with Gasteiger partial charge in [0.2, 0.25) is 10.0 Å². The molecule has 2 rings (SSSR count). The van der Waals surface area contributed by atoms with Crippen molar-refractivity contribution < 1.29 is 13.5 Å². The van der Waals surface area contributed by atoms with Gasteiger partial charge in [0.05, 0.1) is 17.5 Å². The van der Waals surface area contributed by atoms with Gasteiger partial charge in [-0.25, -0.2) is 8.42 Å². The maximum atomic E-state index is 13.0. The van der Waals surface area contributed by atoms with Crippen LogP contribution in [-0.2, 0) is 10.0 Å². The predicted molar refractivity (Wildman–Crippen MR) is 104 cm³/mol. The minimum Gasteiger partial charge on any atom is -0.388 e. The van der Waals surface area contributed by atoms with Gasteiger partial charge in [-0.1, -0.05) is 25.4 Å². The molecular weight excluding hydrogens is 360 g/mol. The number of aliphatic hydroxyl groups is 1. The van der Waals surface area contributed by atoms with E-state index in [4.69, 9.17) is 11.6 Å². The summed E-state index contributed by atoms with van der Waals surface area (Å²) in [6.45, 7) is 6.96. The summed E-state index contributed by atoms with van der Waals surface area (Å²) >= 11 is 6.04. The van der Waals surface area contributed by atoms with Gasteiger partial charge in [0.1, 0.15) is 0 Å². The second kappa shape index (κ2) is 9.21. The summed E-state index contributed by atoms with van der Waals surface area (Å²) < 4.78 is 27.4. The normalized spacial score (nSPS) is 18.3. The molecule has 0 radical (unpaired) electrons. The van der Waals surface area contributed by atoms with Gasteiger partial charge in [0, 0.05) is 23.7 Å². The third kappa shape index (κ3) is 5.33. The van der Waals surface area contributed by atoms with Crippen LogP contribution in [-0.4, -0.2) is 50.4 Å². The molecule has 1 aromatic carbocycles. The van der Waals surface area contributed by atoms with E-state index in [0.29, 0.717) is 42.2 Å². The molecule has 7 heteroatoms. The molecule has 0 fully saturated rings. The monoisotopic (exact) mass is 388 g/mol. The fraction of sp³-hybridized carbons (Fsp3) is 0.667. The van der Waals surface area contributed by atoms with Crippen molar-refractivity contribution in [2.75, 3.05) is 36.2 Å². The zero-order chi connectivity index (χ0) is 18.4. The number of nitrogens with zero attached hydrogens (tertiary/aromatic N) is 2. The van der Waals surface area contributed by atoms with E-state index in [0.717, 1.165) is 25.9 Å². The lowest BCUT2D eigenvalue weighted by molar-refractivity contribution is 0.168. The summed E-state index contributed by atoms with van der Waals surface area (Å²) in [4.78, 5) is 2.20. The summed E-state index contributed by atoms with van der Waals surface area (Å²) in [5.41, 5.74) is 1.17. The number of rotatable bonds is 8. The van der Waals surface area contributed by atoms with Crippen molar-refractivity contribution >= 4 is 27.3 Å². The molecule has 1 N–H and O–H groups in total. The number of benzene rings is 1. The van der Waals surface area contributed by atoms with Crippen molar-refractivity contribution in [2.45, 2.75) is 45.6 Å². The van der Waals surface area contributed by atoms with Crippen LogP contribution < -0.4 is 4.31 Å². The van der Waals surface area contributed by atoms with Gasteiger partial charge < -0.3 is 10.0 Å². The van der Waals surface area contributed by atoms with E-state index in [2.05, 4.69) is 18.7 Å². The Morgan fingerprint density at radius 3 is 2.56 bits per heavy atom. The first-order valence-electron chi connectivity index (χ1n) is 9.09. The number of anilines is 1. The van der Waals surface area contributed by atoms with E-state index in [1.54, 1.807) is 18.2 Å². The van der Waals surface area contributed by atoms with Crippen molar-refractivity contribution in [1.82, 2.24) is 4.90 Å². The van der Waals surface area contributed by atoms with Gasteiger partial charge >= 0.3 is 0 Å². The first kappa shape index (κ1) is 20.5. The summed E-state index contributed by atoms with van der Waals surface area (Å²) in [6, 6.07) is 5.07. The minimum atomic E-state index is -3.45. The molecular formula is C18H29ClN2O3S. The first-order chi connectivity index (χ1) is 11.9. The van der Waals surface area contributed by atoms with Crippen molar-refractivity contribution in [1.29, 1.82) is 0 Å². The van der Waals surface area contributed by atoms with E-state index < -0.39 is 16.1 Å². The number of hydrogen-bond acceptors (Lipinski definition) is 4. The van der Waals surface area contributed by atoms with Crippen LogP contribution in [0.3, 0.4) is 0 Å². The van der Waals surface area contributed by atoms with Gasteiger partial charge in [-0.15, -0.1) is 0 Å². The zero-order valence-electron chi connectivity index (χ0n) is 15.1. The molecule has 1 atom stereocenters. The van der Waals surface area contributed by atoms with Crippen LogP contribution in [0.4, 0.5) is 5.69 Å². The highest BCUT2D eigenvalue weighted by Gasteiger charge is 2.29. The van der Waals surface area contributed by atoms with E-state index in [-0.39, 0.29) is 5.75 Å². The molecule has 0 amide bonds. The largest absolute Gasteiger partial charge is 0.388 e. The lowest BCUT2D eigenvalue weighted by atomic mass is 10.1. The molecule has 1 unspecified atom stereocenters. The van der Waals surface area contributed by atoms with Gasteiger partial charge in [0.15, 0.2) is 0 Å². The smallest absolute Gasteiger partial charge is 0.236 e. The topological polar surface area (TPSA) is 60.9 Å². The molecule has 1 aliphatic rings. The Hall–Kier alpha value is -0.820. The molecule has 1 aromatic rings. The summed E-state index contributed by atoms with van der Waals surface area (Å²) in [5, 5.41) is 10.8. The maximum Gasteiger partial charge on any atom is 0.236 e. The van der Waals surface area contributed by atoms with Crippen LogP contribution in [0.15, 0.2) is 18.2 Å². The number of aliphatic hydroxyl groups excluding tert-OH is 1. The summed E-state index contributed by atoms with van der Waals surface area (Å²) in [5.74, 6) is 0.0885. The molecule has 5 nitrogen and oxygen atoms in total. The SMILES string of the molecule is CCCN(CCC)CCS(=O)(=O)N1CCCC(O)c2cc(Cl)ccc21. The van der Waals surface area contributed by atoms with Crippen LogP contribution >= 0.6 is 11.6 Å². The standard InChI is InChI=1S/C18H29ClN2O3S/c1-3-9-20(10-4-2)12-13-25(23,24)21-11-5-6-18(22)16-14-15(19)7-8-17(16)21/h7-8,14,18,22H,3-6,9-13H2,1-2H3. The number of hydrogen-bond donors (Lipinski definition) is 1. The molecule has 0 saturated carbocycles. The number of fused-ring (bicyclic) bond motifs is 1. The molecule has 1 heterocycles. The van der Waals surface area contributed by atoms with Crippen molar-refractivity contribution in [3.05, 3.63) is 28.8 Å². The van der Waals surface area contributed by atoms with Crippen molar-refractivity contribution in [3.8, 4) is 0 Å². The second-order valence-corrected chi connectivity index (χ2v) is 9.04. The zero-order valence-corrected chi connectivity index (χ0v) is 16.7. The molecule has 142 valence electrons. The quantitative estimate of drug-likeness (QED) is 0.741. The fourth-order valence-corrected chi connectivity index (χ4v) is 5.10. The number of halogens is 1. The fourth-order valence-electron chi connectivity index (χ4n) is 3.34. The highest BCUT2D eigenvalue weighted by atomic mass is 35.5. The molecule has 0 saturated heterocycles. The first-order valence-corrected chi connectivity index (χ1v) is 11.1. The molecule has 0 aromatic heterocycles. The Kier molecular flexibility index (Phi) is 7.55. The Labute approximate surface area is 156 Å². The van der Waals surface area contributed by atoms with Crippen LogP contribution in [0.25, 0.3) is 0 Å². The molecule has 0 spiro atoms. The summed E-state index contributed by atoms with van der Waals surface area (Å²) in [6.07, 6.45) is 2.51. The maximum absolute atomic E-state index is 13.0. The van der Waals surface area contributed by atoms with Gasteiger partial charge in [-0.3, -0.25) is 4.31 Å². The van der Waals surface area contributed by atoms with E-state index in [1.807, 2.05) is 0 Å². The van der Waals surface area contributed by atoms with Crippen LogP contribution in [0.2, 0.25) is 5.02 Å². The van der Waals surface area contributed by atoms with E-state index in [9.17, 15) is 13.5 Å². The number of sulfonamides is 1. The third-order valence-electron chi connectivity index (χ3n) is 4.54.